The zero-order chi connectivity index (χ0) is 12.7. The molecule has 1 unspecified atom stereocenters. The molecule has 1 atom stereocenters. The van der Waals surface area contributed by atoms with Crippen molar-refractivity contribution in [1.82, 2.24) is 0 Å². The van der Waals surface area contributed by atoms with E-state index in [1.165, 1.54) is 22.3 Å². The molecule has 0 heteroatoms. The zero-order valence-corrected chi connectivity index (χ0v) is 11.7. The SMILES string of the molecule is C=C(C)C(C=C(C)C)C/C(C)=C/C=C(C)C. The summed E-state index contributed by atoms with van der Waals surface area (Å²) in [5, 5.41) is 0. The second-order valence-electron chi connectivity index (χ2n) is 5.16. The van der Waals surface area contributed by atoms with Crippen molar-refractivity contribution >= 4 is 0 Å². The standard InChI is InChI=1S/C16H26/c1-12(2)8-9-15(7)11-16(14(5)6)10-13(3)4/h8-10,16H,5,11H2,1-4,6-7H3/b15-9+. The minimum Gasteiger partial charge on any atom is -0.0995 e. The van der Waals surface area contributed by atoms with Crippen LogP contribution in [-0.4, -0.2) is 0 Å². The highest BCUT2D eigenvalue weighted by Gasteiger charge is 2.06. The highest BCUT2D eigenvalue weighted by atomic mass is 14.1. The molecule has 0 aromatic carbocycles. The van der Waals surface area contributed by atoms with Crippen molar-refractivity contribution in [2.75, 3.05) is 0 Å². The van der Waals surface area contributed by atoms with Gasteiger partial charge in [-0.15, -0.1) is 0 Å². The number of hydrogen-bond acceptors (Lipinski definition) is 0. The summed E-state index contributed by atoms with van der Waals surface area (Å²) in [6.45, 7) is 16.9. The van der Waals surface area contributed by atoms with Gasteiger partial charge in [-0.2, -0.15) is 0 Å². The van der Waals surface area contributed by atoms with E-state index in [2.05, 4.69) is 66.3 Å². The first-order valence-electron chi connectivity index (χ1n) is 5.94. The van der Waals surface area contributed by atoms with Crippen molar-refractivity contribution in [3.63, 3.8) is 0 Å². The summed E-state index contributed by atoms with van der Waals surface area (Å²) in [6, 6.07) is 0. The number of allylic oxidation sites excluding steroid dienone is 7. The Hall–Kier alpha value is -1.04. The number of rotatable bonds is 5. The van der Waals surface area contributed by atoms with Crippen molar-refractivity contribution in [2.45, 2.75) is 48.0 Å². The van der Waals surface area contributed by atoms with E-state index in [1.807, 2.05) is 0 Å². The Labute approximate surface area is 101 Å². The van der Waals surface area contributed by atoms with Crippen molar-refractivity contribution in [1.29, 1.82) is 0 Å². The lowest BCUT2D eigenvalue weighted by molar-refractivity contribution is 0.742. The molecule has 0 aromatic rings. The molecule has 0 saturated carbocycles. The van der Waals surface area contributed by atoms with Crippen LogP contribution < -0.4 is 0 Å². The zero-order valence-electron chi connectivity index (χ0n) is 11.7. The van der Waals surface area contributed by atoms with E-state index in [4.69, 9.17) is 0 Å². The van der Waals surface area contributed by atoms with Crippen molar-refractivity contribution < 1.29 is 0 Å². The summed E-state index contributed by atoms with van der Waals surface area (Å²) in [7, 11) is 0. The fraction of sp³-hybridized carbons (Fsp3) is 0.500. The lowest BCUT2D eigenvalue weighted by Gasteiger charge is -2.13. The highest BCUT2D eigenvalue weighted by molar-refractivity contribution is 5.19. The van der Waals surface area contributed by atoms with Crippen molar-refractivity contribution in [3.05, 3.63) is 47.1 Å². The molecular formula is C16H26. The summed E-state index contributed by atoms with van der Waals surface area (Å²) in [4.78, 5) is 0. The van der Waals surface area contributed by atoms with Crippen LogP contribution in [0.15, 0.2) is 47.1 Å². The predicted octanol–water partition coefficient (Wildman–Crippen LogP) is 5.45. The second kappa shape index (κ2) is 7.27. The van der Waals surface area contributed by atoms with E-state index in [0.717, 1.165) is 6.42 Å². The first kappa shape index (κ1) is 15.0. The molecule has 0 amide bonds. The maximum Gasteiger partial charge on any atom is 0.00109 e. The molecule has 0 aliphatic carbocycles. The Balaban J connectivity index is 4.65. The Morgan fingerprint density at radius 1 is 0.938 bits per heavy atom. The summed E-state index contributed by atoms with van der Waals surface area (Å²) in [6.07, 6.45) is 7.77. The van der Waals surface area contributed by atoms with E-state index in [9.17, 15) is 0 Å². The third-order valence-corrected chi connectivity index (χ3v) is 2.41. The maximum atomic E-state index is 4.07. The van der Waals surface area contributed by atoms with Gasteiger partial charge in [-0.1, -0.05) is 47.1 Å². The maximum absolute atomic E-state index is 4.07. The Bertz CT molecular complexity index is 316. The average molecular weight is 218 g/mol. The van der Waals surface area contributed by atoms with Gasteiger partial charge < -0.3 is 0 Å². The minimum atomic E-state index is 0.479. The highest BCUT2D eigenvalue weighted by Crippen LogP contribution is 2.21. The van der Waals surface area contributed by atoms with Gasteiger partial charge in [0.05, 0.1) is 0 Å². The summed E-state index contributed by atoms with van der Waals surface area (Å²) < 4.78 is 0. The molecule has 0 nitrogen and oxygen atoms in total. The molecule has 0 aliphatic rings. The van der Waals surface area contributed by atoms with Gasteiger partial charge in [0.1, 0.15) is 0 Å². The molecule has 0 aliphatic heterocycles. The molecule has 0 heterocycles. The third kappa shape index (κ3) is 7.28. The van der Waals surface area contributed by atoms with E-state index in [1.54, 1.807) is 0 Å². The van der Waals surface area contributed by atoms with Crippen LogP contribution in [0.5, 0.6) is 0 Å². The monoisotopic (exact) mass is 218 g/mol. The van der Waals surface area contributed by atoms with Gasteiger partial charge in [0.15, 0.2) is 0 Å². The summed E-state index contributed by atoms with van der Waals surface area (Å²) in [5.74, 6) is 0.479. The Kier molecular flexibility index (Phi) is 6.80. The van der Waals surface area contributed by atoms with Gasteiger partial charge in [0.2, 0.25) is 0 Å². The van der Waals surface area contributed by atoms with Crippen LogP contribution >= 0.6 is 0 Å². The average Bonchev–Trinajstić information content (AvgIpc) is 2.12. The van der Waals surface area contributed by atoms with Crippen LogP contribution in [0.25, 0.3) is 0 Å². The van der Waals surface area contributed by atoms with Crippen molar-refractivity contribution in [3.8, 4) is 0 Å². The molecule has 90 valence electrons. The lowest BCUT2D eigenvalue weighted by atomic mass is 9.92. The largest absolute Gasteiger partial charge is 0.0995 e. The molecule has 0 rings (SSSR count). The third-order valence-electron chi connectivity index (χ3n) is 2.41. The molecule has 0 spiro atoms. The van der Waals surface area contributed by atoms with Gasteiger partial charge in [0.25, 0.3) is 0 Å². The fourth-order valence-electron chi connectivity index (χ4n) is 1.50. The molecule has 16 heavy (non-hydrogen) atoms. The van der Waals surface area contributed by atoms with E-state index in [-0.39, 0.29) is 0 Å². The number of hydrogen-bond donors (Lipinski definition) is 0. The van der Waals surface area contributed by atoms with Gasteiger partial charge in [-0.25, -0.2) is 0 Å². The first-order chi connectivity index (χ1) is 7.32. The minimum absolute atomic E-state index is 0.479. The Morgan fingerprint density at radius 3 is 1.88 bits per heavy atom. The molecule has 0 radical (unpaired) electrons. The van der Waals surface area contributed by atoms with E-state index >= 15 is 0 Å². The van der Waals surface area contributed by atoms with E-state index in [0.29, 0.717) is 5.92 Å². The Morgan fingerprint density at radius 2 is 1.50 bits per heavy atom. The molecule has 0 aromatic heterocycles. The first-order valence-corrected chi connectivity index (χ1v) is 5.94. The topological polar surface area (TPSA) is 0 Å². The van der Waals surface area contributed by atoms with Crippen LogP contribution in [0.2, 0.25) is 0 Å². The predicted molar refractivity (Wildman–Crippen MR) is 75.5 cm³/mol. The van der Waals surface area contributed by atoms with Gasteiger partial charge in [0, 0.05) is 5.92 Å². The molecular weight excluding hydrogens is 192 g/mol. The normalized spacial score (nSPS) is 13.0. The van der Waals surface area contributed by atoms with Gasteiger partial charge >= 0.3 is 0 Å². The van der Waals surface area contributed by atoms with Crippen LogP contribution in [0.3, 0.4) is 0 Å². The lowest BCUT2D eigenvalue weighted by Crippen LogP contribution is -1.99. The van der Waals surface area contributed by atoms with Crippen LogP contribution in [0.4, 0.5) is 0 Å². The molecule has 0 saturated heterocycles. The molecule has 0 N–H and O–H groups in total. The van der Waals surface area contributed by atoms with Crippen LogP contribution in [0, 0.1) is 5.92 Å². The van der Waals surface area contributed by atoms with Crippen LogP contribution in [-0.2, 0) is 0 Å². The van der Waals surface area contributed by atoms with E-state index < -0.39 is 0 Å². The van der Waals surface area contributed by atoms with Crippen molar-refractivity contribution in [2.24, 2.45) is 5.92 Å². The quantitative estimate of drug-likeness (QED) is 0.425. The molecule has 0 bridgehead atoms. The second-order valence-corrected chi connectivity index (χ2v) is 5.16. The fourth-order valence-corrected chi connectivity index (χ4v) is 1.50. The smallest absolute Gasteiger partial charge is 0.00109 e. The molecule has 0 fully saturated rings. The van der Waals surface area contributed by atoms with Gasteiger partial charge in [-0.05, 0) is 48.0 Å². The van der Waals surface area contributed by atoms with Crippen LogP contribution in [0.1, 0.15) is 48.0 Å². The summed E-state index contributed by atoms with van der Waals surface area (Å²) >= 11 is 0. The summed E-state index contributed by atoms with van der Waals surface area (Å²) in [5.41, 5.74) is 5.36. The van der Waals surface area contributed by atoms with Gasteiger partial charge in [-0.3, -0.25) is 0 Å².